The summed E-state index contributed by atoms with van der Waals surface area (Å²) in [6.45, 7) is 3.92. The highest BCUT2D eigenvalue weighted by Gasteiger charge is 2.14. The summed E-state index contributed by atoms with van der Waals surface area (Å²) in [6, 6.07) is 14.3. The van der Waals surface area contributed by atoms with Crippen molar-refractivity contribution in [3.63, 3.8) is 0 Å². The minimum Gasteiger partial charge on any atom is -0.256 e. The Kier molecular flexibility index (Phi) is 4.13. The molecule has 2 aromatic heterocycles. The summed E-state index contributed by atoms with van der Waals surface area (Å²) in [4.78, 5) is 9.00. The van der Waals surface area contributed by atoms with E-state index in [1.807, 2.05) is 24.4 Å². The normalized spacial score (nSPS) is 11.0. The standard InChI is InChI=1S/C21H17FN4/c1-3-14-10-11-23-19-9-6-16(12-18(14)19)21-20(24-13(2)25-26-21)15-4-7-17(22)8-5-15/h4-12H,3H2,1-2H3. The van der Waals surface area contributed by atoms with E-state index in [9.17, 15) is 4.39 Å². The van der Waals surface area contributed by atoms with E-state index in [2.05, 4.69) is 33.2 Å². The molecule has 128 valence electrons. The molecule has 0 aliphatic rings. The van der Waals surface area contributed by atoms with Gasteiger partial charge >= 0.3 is 0 Å². The van der Waals surface area contributed by atoms with Crippen LogP contribution >= 0.6 is 0 Å². The minimum atomic E-state index is -0.279. The number of aromatic nitrogens is 4. The highest BCUT2D eigenvalue weighted by atomic mass is 19.1. The zero-order valence-electron chi connectivity index (χ0n) is 14.6. The highest BCUT2D eigenvalue weighted by molar-refractivity contribution is 5.89. The number of rotatable bonds is 3. The Labute approximate surface area is 150 Å². The molecule has 2 heterocycles. The molecular weight excluding hydrogens is 327 g/mol. The number of fused-ring (bicyclic) bond motifs is 1. The van der Waals surface area contributed by atoms with Gasteiger partial charge in [-0.1, -0.05) is 13.0 Å². The molecule has 0 aliphatic carbocycles. The monoisotopic (exact) mass is 344 g/mol. The van der Waals surface area contributed by atoms with Crippen LogP contribution in [0.15, 0.2) is 54.7 Å². The first-order valence-electron chi connectivity index (χ1n) is 8.51. The van der Waals surface area contributed by atoms with Crippen molar-refractivity contribution >= 4 is 10.9 Å². The lowest BCUT2D eigenvalue weighted by atomic mass is 10.00. The zero-order chi connectivity index (χ0) is 18.1. The molecule has 5 heteroatoms. The van der Waals surface area contributed by atoms with Crippen molar-refractivity contribution < 1.29 is 4.39 Å². The van der Waals surface area contributed by atoms with Gasteiger partial charge in [0.15, 0.2) is 0 Å². The number of hydrogen-bond donors (Lipinski definition) is 0. The predicted molar refractivity (Wildman–Crippen MR) is 100 cm³/mol. The van der Waals surface area contributed by atoms with Crippen molar-refractivity contribution in [3.8, 4) is 22.5 Å². The molecule has 0 saturated carbocycles. The van der Waals surface area contributed by atoms with Crippen molar-refractivity contribution in [3.05, 3.63) is 71.9 Å². The first-order chi connectivity index (χ1) is 12.7. The van der Waals surface area contributed by atoms with Gasteiger partial charge in [0, 0.05) is 22.7 Å². The Hall–Kier alpha value is -3.21. The molecule has 4 aromatic rings. The molecule has 4 rings (SSSR count). The average Bonchev–Trinajstić information content (AvgIpc) is 2.67. The maximum Gasteiger partial charge on any atom is 0.148 e. The molecule has 0 amide bonds. The van der Waals surface area contributed by atoms with Gasteiger partial charge in [0.05, 0.1) is 5.52 Å². The van der Waals surface area contributed by atoms with E-state index in [1.165, 1.54) is 17.7 Å². The van der Waals surface area contributed by atoms with Gasteiger partial charge in [0.25, 0.3) is 0 Å². The molecule has 0 fully saturated rings. The second-order valence-corrected chi connectivity index (χ2v) is 6.12. The lowest BCUT2D eigenvalue weighted by Crippen LogP contribution is -2.00. The Bertz CT molecular complexity index is 1090. The maximum absolute atomic E-state index is 13.3. The number of halogens is 1. The third-order valence-corrected chi connectivity index (χ3v) is 4.40. The second kappa shape index (κ2) is 6.59. The van der Waals surface area contributed by atoms with Crippen molar-refractivity contribution in [2.45, 2.75) is 20.3 Å². The molecule has 0 saturated heterocycles. The lowest BCUT2D eigenvalue weighted by molar-refractivity contribution is 0.628. The quantitative estimate of drug-likeness (QED) is 0.537. The van der Waals surface area contributed by atoms with Crippen molar-refractivity contribution in [1.29, 1.82) is 0 Å². The van der Waals surface area contributed by atoms with Gasteiger partial charge in [0.2, 0.25) is 0 Å². The van der Waals surface area contributed by atoms with Crippen molar-refractivity contribution in [1.82, 2.24) is 20.2 Å². The molecular formula is C21H17FN4. The molecule has 2 aromatic carbocycles. The maximum atomic E-state index is 13.3. The van der Waals surface area contributed by atoms with Crippen LogP contribution < -0.4 is 0 Å². The van der Waals surface area contributed by atoms with E-state index in [4.69, 9.17) is 0 Å². The minimum absolute atomic E-state index is 0.279. The van der Waals surface area contributed by atoms with Crippen LogP contribution in [0.25, 0.3) is 33.4 Å². The van der Waals surface area contributed by atoms with Crippen LogP contribution in [0, 0.1) is 12.7 Å². The third-order valence-electron chi connectivity index (χ3n) is 4.40. The number of aryl methyl sites for hydroxylation is 2. The van der Waals surface area contributed by atoms with Crippen LogP contribution in [0.2, 0.25) is 0 Å². The van der Waals surface area contributed by atoms with E-state index in [0.717, 1.165) is 28.5 Å². The molecule has 0 radical (unpaired) electrons. The zero-order valence-corrected chi connectivity index (χ0v) is 14.6. The number of nitrogens with zero attached hydrogens (tertiary/aromatic N) is 4. The fourth-order valence-corrected chi connectivity index (χ4v) is 3.07. The molecule has 0 N–H and O–H groups in total. The van der Waals surface area contributed by atoms with Gasteiger partial charge in [-0.3, -0.25) is 4.98 Å². The Balaban J connectivity index is 1.93. The van der Waals surface area contributed by atoms with Gasteiger partial charge < -0.3 is 0 Å². The Morgan fingerprint density at radius 3 is 2.42 bits per heavy atom. The van der Waals surface area contributed by atoms with Crippen LogP contribution in [-0.2, 0) is 6.42 Å². The van der Waals surface area contributed by atoms with Crippen LogP contribution in [-0.4, -0.2) is 20.2 Å². The summed E-state index contributed by atoms with van der Waals surface area (Å²) in [7, 11) is 0. The lowest BCUT2D eigenvalue weighted by Gasteiger charge is -2.10. The van der Waals surface area contributed by atoms with Crippen LogP contribution in [0.4, 0.5) is 4.39 Å². The fraction of sp³-hybridized carbons (Fsp3) is 0.143. The smallest absolute Gasteiger partial charge is 0.148 e. The highest BCUT2D eigenvalue weighted by Crippen LogP contribution is 2.31. The molecule has 26 heavy (non-hydrogen) atoms. The summed E-state index contributed by atoms with van der Waals surface area (Å²) in [5.74, 6) is 0.295. The topological polar surface area (TPSA) is 51.6 Å². The number of benzene rings is 2. The number of hydrogen-bond acceptors (Lipinski definition) is 4. The summed E-state index contributed by atoms with van der Waals surface area (Å²) in [6.07, 6.45) is 2.75. The average molecular weight is 344 g/mol. The SMILES string of the molecule is CCc1ccnc2ccc(-c3nnc(C)nc3-c3ccc(F)cc3)cc12. The molecule has 4 nitrogen and oxygen atoms in total. The largest absolute Gasteiger partial charge is 0.256 e. The summed E-state index contributed by atoms with van der Waals surface area (Å²) < 4.78 is 13.3. The van der Waals surface area contributed by atoms with Gasteiger partial charge in [0.1, 0.15) is 23.0 Å². The first-order valence-corrected chi connectivity index (χ1v) is 8.51. The number of pyridine rings is 1. The second-order valence-electron chi connectivity index (χ2n) is 6.12. The Morgan fingerprint density at radius 1 is 0.885 bits per heavy atom. The van der Waals surface area contributed by atoms with Crippen LogP contribution in [0.5, 0.6) is 0 Å². The van der Waals surface area contributed by atoms with E-state index in [1.54, 1.807) is 19.1 Å². The van der Waals surface area contributed by atoms with E-state index < -0.39 is 0 Å². The first kappa shape index (κ1) is 16.3. The predicted octanol–water partition coefficient (Wildman–Crippen LogP) is 4.76. The summed E-state index contributed by atoms with van der Waals surface area (Å²) >= 11 is 0. The fourth-order valence-electron chi connectivity index (χ4n) is 3.07. The molecule has 0 unspecified atom stereocenters. The summed E-state index contributed by atoms with van der Waals surface area (Å²) in [5.41, 5.74) is 5.27. The van der Waals surface area contributed by atoms with E-state index >= 15 is 0 Å². The van der Waals surface area contributed by atoms with E-state index in [0.29, 0.717) is 17.2 Å². The van der Waals surface area contributed by atoms with Gasteiger partial charge in [-0.05, 0) is 61.4 Å². The molecule has 0 spiro atoms. The molecule has 0 atom stereocenters. The van der Waals surface area contributed by atoms with Gasteiger partial charge in [-0.25, -0.2) is 9.37 Å². The van der Waals surface area contributed by atoms with Crippen molar-refractivity contribution in [2.75, 3.05) is 0 Å². The summed E-state index contributed by atoms with van der Waals surface area (Å²) in [5, 5.41) is 9.61. The molecule has 0 aliphatic heterocycles. The van der Waals surface area contributed by atoms with Crippen LogP contribution in [0.3, 0.4) is 0 Å². The van der Waals surface area contributed by atoms with E-state index in [-0.39, 0.29) is 5.82 Å². The van der Waals surface area contributed by atoms with Gasteiger partial charge in [-0.2, -0.15) is 0 Å². The van der Waals surface area contributed by atoms with Gasteiger partial charge in [-0.15, -0.1) is 10.2 Å². The Morgan fingerprint density at radius 2 is 1.65 bits per heavy atom. The third kappa shape index (κ3) is 2.92. The molecule has 0 bridgehead atoms. The van der Waals surface area contributed by atoms with Crippen LogP contribution in [0.1, 0.15) is 18.3 Å². The van der Waals surface area contributed by atoms with Crippen molar-refractivity contribution in [2.24, 2.45) is 0 Å².